The second-order valence-corrected chi connectivity index (χ2v) is 26.0. The maximum absolute atomic E-state index is 7.98. The molecule has 1 atom stereocenters. The molecule has 5 aromatic heterocycles. The zero-order chi connectivity index (χ0) is 77.7. The summed E-state index contributed by atoms with van der Waals surface area (Å²) in [5.74, 6) is 3.92. The molecule has 0 aliphatic carbocycles. The molecule has 23 rings (SSSR count). The van der Waals surface area contributed by atoms with Gasteiger partial charge in [0.1, 0.15) is 44.4 Å². The Bertz CT molecular complexity index is 6530. The third-order valence-corrected chi connectivity index (χ3v) is 19.8. The van der Waals surface area contributed by atoms with Crippen molar-refractivity contribution in [3.8, 4) is 62.4 Å². The molecule has 1 unspecified atom stereocenters. The predicted octanol–water partition coefficient (Wildman–Crippen LogP) is 19.4. The average molecular weight is 1570 g/mol. The SMILES string of the molecule is C1=CC2=CN3c4ccccc4CC3N2C=C1.C=C1Oc2ccccc2[C-]=C1c1ccccn1.[2H]c1c([2H])c([2H])c2c(c1[2H])C[n+]1c([2H])c([2H])c([2H])c([2H])c1-2.[Ir].[c-]1ccccc1-c1ccccn1.c1ccc2c(c1)C[n+]1c-2n(-c2cccc3ccccc23)c2ccccc21.c1ccc2c(c1)C[n+]1ccn(-c3cccc4ccccc34)c1-2. The summed E-state index contributed by atoms with van der Waals surface area (Å²) in [6, 6.07) is 93.1. The molecule has 11 heteroatoms. The zero-order valence-electron chi connectivity index (χ0n) is 66.0. The van der Waals surface area contributed by atoms with Crippen molar-refractivity contribution in [2.24, 2.45) is 0 Å². The topological polar surface area (TPSA) is 63.0 Å². The van der Waals surface area contributed by atoms with Gasteiger partial charge in [-0.05, 0) is 101 Å². The van der Waals surface area contributed by atoms with Crippen LogP contribution in [-0.4, -0.2) is 30.2 Å². The fraction of sp³-hybridized carbons (Fsp3) is 0.0521. The Morgan fingerprint density at radius 2 is 1.15 bits per heavy atom. The summed E-state index contributed by atoms with van der Waals surface area (Å²) in [5, 5.41) is 5.11. The Hall–Kier alpha value is -13.2. The van der Waals surface area contributed by atoms with Crippen LogP contribution in [0.1, 0.15) is 44.5 Å². The van der Waals surface area contributed by atoms with E-state index in [4.69, 9.17) is 15.7 Å². The van der Waals surface area contributed by atoms with Gasteiger partial charge in [0.05, 0.1) is 43.5 Å². The summed E-state index contributed by atoms with van der Waals surface area (Å²) in [5.41, 5.74) is 19.7. The van der Waals surface area contributed by atoms with Gasteiger partial charge in [-0.15, -0.1) is 48.0 Å². The van der Waals surface area contributed by atoms with E-state index in [9.17, 15) is 0 Å². The fourth-order valence-corrected chi connectivity index (χ4v) is 14.9. The number of para-hydroxylation sites is 4. The van der Waals surface area contributed by atoms with Crippen LogP contribution in [0.25, 0.3) is 94.8 Å². The van der Waals surface area contributed by atoms with Crippen LogP contribution in [0.3, 0.4) is 0 Å². The largest absolute Gasteiger partial charge is 0.527 e. The molecule has 10 nitrogen and oxygen atoms in total. The van der Waals surface area contributed by atoms with Crippen molar-refractivity contribution in [3.63, 3.8) is 0 Å². The molecule has 0 saturated heterocycles. The van der Waals surface area contributed by atoms with Crippen LogP contribution in [0.2, 0.25) is 0 Å². The smallest absolute Gasteiger partial charge is 0.295 e. The number of benzene rings is 11. The van der Waals surface area contributed by atoms with Crippen molar-refractivity contribution < 1.29 is 49.5 Å². The number of aromatic nitrogens is 7. The molecule has 16 aromatic rings. The van der Waals surface area contributed by atoms with Crippen LogP contribution in [0.4, 0.5) is 5.69 Å². The van der Waals surface area contributed by atoms with E-state index in [0.717, 1.165) is 53.3 Å². The second kappa shape index (κ2) is 29.9. The minimum absolute atomic E-state index is 0. The average Bonchev–Trinajstić information content (AvgIpc) is 1.44. The van der Waals surface area contributed by atoms with Crippen molar-refractivity contribution in [1.82, 2.24) is 24.0 Å². The number of ether oxygens (including phenoxy) is 1. The van der Waals surface area contributed by atoms with Gasteiger partial charge >= 0.3 is 0 Å². The third kappa shape index (κ3) is 13.1. The van der Waals surface area contributed by atoms with Crippen molar-refractivity contribution in [1.29, 1.82) is 0 Å². The summed E-state index contributed by atoms with van der Waals surface area (Å²) in [6.07, 6.45) is 23.3. The Balaban J connectivity index is 0.000000101. The number of hydrogen-bond acceptors (Lipinski definition) is 5. The molecule has 12 heterocycles. The minimum Gasteiger partial charge on any atom is -0.527 e. The second-order valence-electron chi connectivity index (χ2n) is 26.0. The van der Waals surface area contributed by atoms with E-state index in [0.29, 0.717) is 17.5 Å². The first kappa shape index (κ1) is 58.2. The monoisotopic (exact) mass is 1570 g/mol. The Morgan fingerprint density at radius 3 is 1.94 bits per heavy atom. The van der Waals surface area contributed by atoms with Crippen molar-refractivity contribution in [3.05, 3.63) is 434 Å². The molecule has 1 radical (unpaired) electrons. The predicted molar refractivity (Wildman–Crippen MR) is 424 cm³/mol. The molecule has 0 saturated carbocycles. The Morgan fingerprint density at radius 1 is 0.514 bits per heavy atom. The van der Waals surface area contributed by atoms with Gasteiger partial charge < -0.3 is 19.5 Å². The van der Waals surface area contributed by atoms with E-state index >= 15 is 0 Å². The number of allylic oxidation sites excluding steroid dienone is 4. The van der Waals surface area contributed by atoms with Crippen LogP contribution in [0, 0.1) is 12.1 Å². The number of pyridine rings is 3. The molecule has 0 N–H and O–H groups in total. The molecule has 7 aliphatic rings. The van der Waals surface area contributed by atoms with E-state index in [-0.39, 0.29) is 74.3 Å². The van der Waals surface area contributed by atoms with Gasteiger partial charge in [0, 0.05) is 102 Å². The van der Waals surface area contributed by atoms with Gasteiger partial charge in [-0.25, -0.2) is 9.13 Å². The van der Waals surface area contributed by atoms with Gasteiger partial charge in [-0.2, -0.15) is 13.7 Å². The van der Waals surface area contributed by atoms with Crippen LogP contribution in [-0.2, 0) is 46.2 Å². The molecule has 0 bridgehead atoms. The van der Waals surface area contributed by atoms with Crippen molar-refractivity contribution >= 4 is 43.8 Å². The fourth-order valence-electron chi connectivity index (χ4n) is 14.9. The maximum Gasteiger partial charge on any atom is 0.295 e. The standard InChI is InChI=1S/C24H17N2.C20H15N2.C15H10NO.C14H12N2.C12H10N.C11H8N.Ir/c1-3-11-19-17(8-1)10-7-15-21(19)26-23-14-6-5-13-22(23)25-16-18-9-2-4-12-20(18)24(25)26;1-3-9-17-15(6-1)8-5-11-19(17)22-13-12-21-14-16-7-2-4-10-18(16)20(21)22;1-11-13(14-7-4-5-9-16-14)10-12-6-2-3-8-15(12)17-11;1-2-7-13-11(5-1)9-14-15-8-4-3-6-12(15)10-16(13)14;1-2-6-11-10(5-1)9-13-8-4-3-7-12(11)13;1-2-6-10(7-3-1)11-8-4-5-9-12-11;/h1-15H,16H2;1-13H,14H2;2-9H,1H2;1-8,10,14H,9H2;1-8H,9H2;1-6,8-9H;/q2*+1;-1;;+1;-1;/i;;;;1D,2D,3D,4D,5D,6D,7D,8D;;. The van der Waals surface area contributed by atoms with Gasteiger partial charge in [0.25, 0.3) is 11.6 Å². The van der Waals surface area contributed by atoms with E-state index in [1.165, 1.54) is 99.4 Å². The first-order valence-corrected chi connectivity index (χ1v) is 35.3. The molecule has 7 aliphatic heterocycles. The summed E-state index contributed by atoms with van der Waals surface area (Å²) in [7, 11) is 0. The van der Waals surface area contributed by atoms with Crippen molar-refractivity contribution in [2.75, 3.05) is 4.90 Å². The first-order valence-electron chi connectivity index (χ1n) is 39.3. The number of anilines is 1. The summed E-state index contributed by atoms with van der Waals surface area (Å²) >= 11 is 0. The summed E-state index contributed by atoms with van der Waals surface area (Å²) in [4.78, 5) is 13.2. The minimum atomic E-state index is -0.411. The summed E-state index contributed by atoms with van der Waals surface area (Å²) in [6.45, 7) is 5.82. The number of fused-ring (bicyclic) bond motifs is 19. The molecule has 107 heavy (non-hydrogen) atoms. The molecule has 515 valence electrons. The van der Waals surface area contributed by atoms with Gasteiger partial charge in [0.2, 0.25) is 5.69 Å². The van der Waals surface area contributed by atoms with Crippen molar-refractivity contribution in [2.45, 2.75) is 32.2 Å². The zero-order valence-corrected chi connectivity index (χ0v) is 60.4. The van der Waals surface area contributed by atoms with E-state index in [2.05, 4.69) is 282 Å². The molecular formula is C96H72IrN9O+. The van der Waals surface area contributed by atoms with Crippen LogP contribution < -0.4 is 23.3 Å². The third-order valence-electron chi connectivity index (χ3n) is 19.8. The Labute approximate surface area is 647 Å². The normalized spacial score (nSPS) is 15.0. The molecule has 11 aromatic carbocycles. The number of nitrogens with zero attached hydrogens (tertiary/aromatic N) is 9. The van der Waals surface area contributed by atoms with Gasteiger partial charge in [-0.3, -0.25) is 4.98 Å². The molecule has 0 fully saturated rings. The van der Waals surface area contributed by atoms with Crippen LogP contribution in [0.15, 0.2) is 389 Å². The number of imidazole rings is 2. The van der Waals surface area contributed by atoms with Crippen LogP contribution in [0.5, 0.6) is 5.75 Å². The summed E-state index contributed by atoms with van der Waals surface area (Å²) < 4.78 is 79.0. The van der Waals surface area contributed by atoms with E-state index in [1.807, 2.05) is 84.9 Å². The van der Waals surface area contributed by atoms with E-state index in [1.54, 1.807) is 12.4 Å². The van der Waals surface area contributed by atoms with Gasteiger partial charge in [-0.1, -0.05) is 224 Å². The Kier molecular flexibility index (Phi) is 16.3. The molecule has 0 amide bonds. The number of rotatable bonds is 4. The van der Waals surface area contributed by atoms with Crippen LogP contribution >= 0.6 is 0 Å². The molecule has 0 spiro atoms. The van der Waals surface area contributed by atoms with E-state index < -0.39 is 12.1 Å². The number of hydrogen-bond donors (Lipinski definition) is 0. The maximum atomic E-state index is 7.98. The molecular weight excluding hydrogens is 1490 g/mol. The first-order chi connectivity index (χ1) is 55.8. The van der Waals surface area contributed by atoms with Gasteiger partial charge in [0.15, 0.2) is 23.8 Å². The quantitative estimate of drug-likeness (QED) is 0.130.